The van der Waals surface area contributed by atoms with Crippen molar-refractivity contribution in [1.29, 1.82) is 0 Å². The molecule has 0 saturated carbocycles. The molecule has 1 atom stereocenters. The monoisotopic (exact) mass is 327 g/mol. The van der Waals surface area contributed by atoms with Gasteiger partial charge in [0.2, 0.25) is 0 Å². The molecule has 0 amide bonds. The maximum atomic E-state index is 13.4. The van der Waals surface area contributed by atoms with E-state index >= 15 is 0 Å². The number of aromatic nitrogens is 1. The van der Waals surface area contributed by atoms with E-state index in [2.05, 4.69) is 22.3 Å². The highest BCUT2D eigenvalue weighted by molar-refractivity contribution is 5.44. The van der Waals surface area contributed by atoms with Gasteiger partial charge in [-0.3, -0.25) is 0 Å². The molecule has 1 aliphatic heterocycles. The van der Waals surface area contributed by atoms with Crippen molar-refractivity contribution in [3.05, 3.63) is 53.5 Å². The number of benzene rings is 1. The Labute approximate surface area is 141 Å². The summed E-state index contributed by atoms with van der Waals surface area (Å²) >= 11 is 0. The standard InChI is InChI=1S/C19H22FN3O/c20-15-4-2-5-16(13-15)24-17-6-1-3-14-7-8-18(22-19(14)17)23-11-9-21-10-12-23/h2,4-5,7-8,13,17,21H,1,3,6,9-12H2/t17-/m0/s1. The molecule has 24 heavy (non-hydrogen) atoms. The number of ether oxygens (including phenoxy) is 1. The summed E-state index contributed by atoms with van der Waals surface area (Å²) in [5.74, 6) is 1.32. The summed E-state index contributed by atoms with van der Waals surface area (Å²) in [5, 5.41) is 3.36. The molecular weight excluding hydrogens is 305 g/mol. The molecule has 1 aromatic carbocycles. The first-order valence-electron chi connectivity index (χ1n) is 8.67. The van der Waals surface area contributed by atoms with Crippen LogP contribution < -0.4 is 15.0 Å². The summed E-state index contributed by atoms with van der Waals surface area (Å²) in [6, 6.07) is 10.7. The van der Waals surface area contributed by atoms with Crippen molar-refractivity contribution in [3.8, 4) is 5.75 Å². The zero-order valence-electron chi connectivity index (χ0n) is 13.7. The van der Waals surface area contributed by atoms with Gasteiger partial charge >= 0.3 is 0 Å². The Balaban J connectivity index is 1.60. The van der Waals surface area contributed by atoms with Gasteiger partial charge < -0.3 is 15.0 Å². The van der Waals surface area contributed by atoms with Crippen molar-refractivity contribution in [1.82, 2.24) is 10.3 Å². The molecule has 1 fully saturated rings. The highest BCUT2D eigenvalue weighted by Crippen LogP contribution is 2.34. The van der Waals surface area contributed by atoms with Gasteiger partial charge in [-0.1, -0.05) is 12.1 Å². The zero-order valence-corrected chi connectivity index (χ0v) is 13.7. The minimum Gasteiger partial charge on any atom is -0.484 e. The SMILES string of the molecule is Fc1cccc(O[C@H]2CCCc3ccc(N4CCNCC4)nc32)c1. The largest absolute Gasteiger partial charge is 0.484 e. The minimum absolute atomic E-state index is 0.0987. The number of fused-ring (bicyclic) bond motifs is 1. The van der Waals surface area contributed by atoms with Crippen LogP contribution >= 0.6 is 0 Å². The third-order valence-corrected chi connectivity index (χ3v) is 4.73. The Kier molecular flexibility index (Phi) is 4.34. The fourth-order valence-electron chi connectivity index (χ4n) is 3.49. The maximum Gasteiger partial charge on any atom is 0.141 e. The molecule has 0 unspecified atom stereocenters. The Morgan fingerprint density at radius 1 is 1.17 bits per heavy atom. The van der Waals surface area contributed by atoms with Crippen LogP contribution in [0.1, 0.15) is 30.2 Å². The number of nitrogens with zero attached hydrogens (tertiary/aromatic N) is 2. The van der Waals surface area contributed by atoms with Crippen LogP contribution in [0.5, 0.6) is 5.75 Å². The molecule has 4 nitrogen and oxygen atoms in total. The van der Waals surface area contributed by atoms with E-state index in [0.29, 0.717) is 5.75 Å². The van der Waals surface area contributed by atoms with Crippen molar-refractivity contribution in [2.24, 2.45) is 0 Å². The number of rotatable bonds is 3. The predicted molar refractivity (Wildman–Crippen MR) is 92.0 cm³/mol. The van der Waals surface area contributed by atoms with Crippen molar-refractivity contribution >= 4 is 5.82 Å². The summed E-state index contributed by atoms with van der Waals surface area (Å²) in [4.78, 5) is 7.23. The second-order valence-electron chi connectivity index (χ2n) is 6.41. The summed E-state index contributed by atoms with van der Waals surface area (Å²) in [6.45, 7) is 3.92. The van der Waals surface area contributed by atoms with E-state index in [4.69, 9.17) is 9.72 Å². The lowest BCUT2D eigenvalue weighted by Gasteiger charge is -2.31. The second-order valence-corrected chi connectivity index (χ2v) is 6.41. The average molecular weight is 327 g/mol. The third-order valence-electron chi connectivity index (χ3n) is 4.73. The van der Waals surface area contributed by atoms with Crippen LogP contribution in [0.2, 0.25) is 0 Å². The van der Waals surface area contributed by atoms with Gasteiger partial charge in [0.1, 0.15) is 23.5 Å². The lowest BCUT2D eigenvalue weighted by atomic mass is 9.93. The molecule has 0 spiro atoms. The van der Waals surface area contributed by atoms with E-state index in [1.165, 1.54) is 17.7 Å². The molecule has 1 aromatic heterocycles. The fourth-order valence-corrected chi connectivity index (χ4v) is 3.49. The Morgan fingerprint density at radius 3 is 2.88 bits per heavy atom. The highest BCUT2D eigenvalue weighted by atomic mass is 19.1. The van der Waals surface area contributed by atoms with E-state index in [0.717, 1.165) is 57.0 Å². The molecule has 5 heteroatoms. The first kappa shape index (κ1) is 15.4. The molecule has 1 N–H and O–H groups in total. The van der Waals surface area contributed by atoms with E-state index in [1.54, 1.807) is 12.1 Å². The predicted octanol–water partition coefficient (Wildman–Crippen LogP) is 3.09. The molecule has 2 aliphatic rings. The maximum absolute atomic E-state index is 13.4. The molecule has 1 saturated heterocycles. The Bertz CT molecular complexity index is 716. The topological polar surface area (TPSA) is 37.4 Å². The van der Waals surface area contributed by atoms with Crippen LogP contribution in [0, 0.1) is 5.82 Å². The number of aryl methyl sites for hydroxylation is 1. The molecule has 126 valence electrons. The highest BCUT2D eigenvalue weighted by Gasteiger charge is 2.25. The van der Waals surface area contributed by atoms with E-state index in [-0.39, 0.29) is 11.9 Å². The van der Waals surface area contributed by atoms with E-state index in [9.17, 15) is 4.39 Å². The smallest absolute Gasteiger partial charge is 0.141 e. The van der Waals surface area contributed by atoms with E-state index in [1.807, 2.05) is 0 Å². The van der Waals surface area contributed by atoms with Gasteiger partial charge in [0.25, 0.3) is 0 Å². The van der Waals surface area contributed by atoms with Gasteiger partial charge in [-0.25, -0.2) is 9.37 Å². The third kappa shape index (κ3) is 3.22. The normalized spacial score (nSPS) is 20.5. The number of piperazine rings is 1. The number of hydrogen-bond acceptors (Lipinski definition) is 4. The number of anilines is 1. The number of hydrogen-bond donors (Lipinski definition) is 1. The van der Waals surface area contributed by atoms with Gasteiger partial charge in [-0.05, 0) is 43.0 Å². The zero-order chi connectivity index (χ0) is 16.4. The van der Waals surface area contributed by atoms with Crippen molar-refractivity contribution < 1.29 is 9.13 Å². The minimum atomic E-state index is -0.272. The number of halogens is 1. The van der Waals surface area contributed by atoms with Crippen molar-refractivity contribution in [2.45, 2.75) is 25.4 Å². The molecular formula is C19H22FN3O. The van der Waals surface area contributed by atoms with Gasteiger partial charge in [-0.2, -0.15) is 0 Å². The van der Waals surface area contributed by atoms with Crippen molar-refractivity contribution in [2.75, 3.05) is 31.1 Å². The number of nitrogens with one attached hydrogen (secondary N) is 1. The molecule has 4 rings (SSSR count). The van der Waals surface area contributed by atoms with Crippen LogP contribution in [0.25, 0.3) is 0 Å². The van der Waals surface area contributed by atoms with Gasteiger partial charge in [0, 0.05) is 32.2 Å². The summed E-state index contributed by atoms with van der Waals surface area (Å²) < 4.78 is 19.5. The van der Waals surface area contributed by atoms with Gasteiger partial charge in [0.15, 0.2) is 0 Å². The van der Waals surface area contributed by atoms with Crippen LogP contribution in [0.3, 0.4) is 0 Å². The summed E-state index contributed by atoms with van der Waals surface area (Å²) in [5.41, 5.74) is 2.27. The van der Waals surface area contributed by atoms with Crippen LogP contribution in [0.15, 0.2) is 36.4 Å². The van der Waals surface area contributed by atoms with Crippen LogP contribution in [-0.4, -0.2) is 31.2 Å². The summed E-state index contributed by atoms with van der Waals surface area (Å²) in [6.07, 6.45) is 2.93. The van der Waals surface area contributed by atoms with E-state index < -0.39 is 0 Å². The second kappa shape index (κ2) is 6.77. The van der Waals surface area contributed by atoms with Crippen LogP contribution in [-0.2, 0) is 6.42 Å². The Hall–Kier alpha value is -2.14. The van der Waals surface area contributed by atoms with Gasteiger partial charge in [-0.15, -0.1) is 0 Å². The molecule has 2 heterocycles. The lowest BCUT2D eigenvalue weighted by Crippen LogP contribution is -2.44. The van der Waals surface area contributed by atoms with Crippen LogP contribution in [0.4, 0.5) is 10.2 Å². The first-order chi connectivity index (χ1) is 11.8. The van der Waals surface area contributed by atoms with Gasteiger partial charge in [0.05, 0.1) is 5.69 Å². The Morgan fingerprint density at radius 2 is 2.04 bits per heavy atom. The molecule has 0 radical (unpaired) electrons. The summed E-state index contributed by atoms with van der Waals surface area (Å²) in [7, 11) is 0. The van der Waals surface area contributed by atoms with Crippen molar-refractivity contribution in [3.63, 3.8) is 0 Å². The quantitative estimate of drug-likeness (QED) is 0.940. The fraction of sp³-hybridized carbons (Fsp3) is 0.421. The molecule has 1 aliphatic carbocycles. The lowest BCUT2D eigenvalue weighted by molar-refractivity contribution is 0.177. The molecule has 0 bridgehead atoms. The molecule has 2 aromatic rings. The number of pyridine rings is 1. The first-order valence-corrected chi connectivity index (χ1v) is 8.67. The average Bonchev–Trinajstić information content (AvgIpc) is 2.62.